The van der Waals surface area contributed by atoms with Crippen molar-refractivity contribution < 1.29 is 5.11 Å². The first-order valence-electron chi connectivity index (χ1n) is 5.09. The average Bonchev–Trinajstić information content (AvgIpc) is 2.27. The van der Waals surface area contributed by atoms with E-state index in [1.165, 1.54) is 0 Å². The van der Waals surface area contributed by atoms with Gasteiger partial charge in [0, 0.05) is 5.70 Å². The Morgan fingerprint density at radius 1 is 1.50 bits per heavy atom. The Kier molecular flexibility index (Phi) is 11.1. The third-order valence-corrected chi connectivity index (χ3v) is 1.67. The Bertz CT molecular complexity index is 204. The highest BCUT2D eigenvalue weighted by molar-refractivity contribution is 5.29. The van der Waals surface area contributed by atoms with E-state index in [2.05, 4.69) is 6.58 Å². The maximum absolute atomic E-state index is 9.44. The Labute approximate surface area is 87.8 Å². The highest BCUT2D eigenvalue weighted by Crippen LogP contribution is 2.08. The second-order valence-electron chi connectivity index (χ2n) is 2.56. The quantitative estimate of drug-likeness (QED) is 0.681. The Balaban J connectivity index is 0. The molecule has 2 heteroatoms. The number of hydrogen-bond donors (Lipinski definition) is 2. The second kappa shape index (κ2) is 10.1. The Morgan fingerprint density at radius 2 is 2.00 bits per heavy atom. The summed E-state index contributed by atoms with van der Waals surface area (Å²) >= 11 is 0. The number of aliphatic hydroxyl groups is 1. The van der Waals surface area contributed by atoms with Gasteiger partial charge in [0.15, 0.2) is 0 Å². The summed E-state index contributed by atoms with van der Waals surface area (Å²) in [5.41, 5.74) is 6.99. The molecule has 0 rings (SSSR count). The molecule has 0 fully saturated rings. The number of aliphatic hydroxyl groups excluding tert-OH is 1. The fraction of sp³-hybridized carbons (Fsp3) is 0.500. The van der Waals surface area contributed by atoms with Crippen molar-refractivity contribution in [1.82, 2.24) is 0 Å². The molecule has 0 aliphatic heterocycles. The van der Waals surface area contributed by atoms with E-state index in [1.54, 1.807) is 18.2 Å². The maximum atomic E-state index is 9.44. The number of hydrogen-bond acceptors (Lipinski definition) is 2. The molecule has 82 valence electrons. The lowest BCUT2D eigenvalue weighted by Crippen LogP contribution is -2.08. The molecule has 0 spiro atoms. The zero-order valence-electron chi connectivity index (χ0n) is 9.75. The zero-order chi connectivity index (χ0) is 11.6. The molecule has 0 aliphatic rings. The van der Waals surface area contributed by atoms with Crippen LogP contribution in [0, 0.1) is 0 Å². The predicted molar refractivity (Wildman–Crippen MR) is 63.9 cm³/mol. The molecule has 0 aliphatic carbocycles. The van der Waals surface area contributed by atoms with Crippen molar-refractivity contribution in [1.29, 1.82) is 0 Å². The van der Waals surface area contributed by atoms with Crippen molar-refractivity contribution in [3.05, 3.63) is 36.1 Å². The molecule has 0 unspecified atom stereocenters. The first kappa shape index (κ1) is 15.5. The first-order chi connectivity index (χ1) is 6.65. The topological polar surface area (TPSA) is 46.2 Å². The normalized spacial score (nSPS) is 14.1. The van der Waals surface area contributed by atoms with E-state index in [1.807, 2.05) is 27.7 Å². The summed E-state index contributed by atoms with van der Waals surface area (Å²) in [6.45, 7) is 11.4. The monoisotopic (exact) mass is 197 g/mol. The van der Waals surface area contributed by atoms with Crippen LogP contribution in [0.1, 0.15) is 34.1 Å². The molecule has 0 saturated heterocycles. The molecule has 0 amide bonds. The lowest BCUT2D eigenvalue weighted by Gasteiger charge is -2.08. The van der Waals surface area contributed by atoms with Crippen LogP contribution < -0.4 is 5.73 Å². The van der Waals surface area contributed by atoms with Gasteiger partial charge >= 0.3 is 0 Å². The third-order valence-electron chi connectivity index (χ3n) is 1.67. The molecule has 0 saturated carbocycles. The summed E-state index contributed by atoms with van der Waals surface area (Å²) in [5.74, 6) is 0. The molecule has 3 N–H and O–H groups in total. The minimum atomic E-state index is -0.457. The van der Waals surface area contributed by atoms with E-state index in [-0.39, 0.29) is 0 Å². The van der Waals surface area contributed by atoms with Gasteiger partial charge < -0.3 is 10.8 Å². The summed E-state index contributed by atoms with van der Waals surface area (Å²) in [5, 5.41) is 9.44. The van der Waals surface area contributed by atoms with Crippen LogP contribution in [-0.4, -0.2) is 11.2 Å². The van der Waals surface area contributed by atoms with Crippen molar-refractivity contribution in [3.8, 4) is 0 Å². The number of rotatable bonds is 4. The van der Waals surface area contributed by atoms with Crippen LogP contribution in [0.25, 0.3) is 0 Å². The summed E-state index contributed by atoms with van der Waals surface area (Å²) < 4.78 is 0. The molecular weight excluding hydrogens is 174 g/mol. The van der Waals surface area contributed by atoms with Crippen LogP contribution in [0.4, 0.5) is 0 Å². The fourth-order valence-corrected chi connectivity index (χ4v) is 0.803. The standard InChI is InChI=1S/C10H17NO.C2H6/c1-4-8(10(12)6-3)7-9(11)5-2;1-2/h4-5,7,10,12H,1,6,11H2,2-3H3;1-2H3/b8-7+,9-5+;/t10-;/m0./s1. The van der Waals surface area contributed by atoms with Gasteiger partial charge in [-0.2, -0.15) is 0 Å². The van der Waals surface area contributed by atoms with Gasteiger partial charge in [0.25, 0.3) is 0 Å². The van der Waals surface area contributed by atoms with Crippen LogP contribution in [0.3, 0.4) is 0 Å². The first-order valence-corrected chi connectivity index (χ1v) is 5.09. The van der Waals surface area contributed by atoms with Gasteiger partial charge in [0.1, 0.15) is 0 Å². The van der Waals surface area contributed by atoms with E-state index < -0.39 is 6.10 Å². The lowest BCUT2D eigenvalue weighted by atomic mass is 10.1. The molecule has 14 heavy (non-hydrogen) atoms. The molecule has 0 radical (unpaired) electrons. The minimum absolute atomic E-state index is 0.457. The highest BCUT2D eigenvalue weighted by atomic mass is 16.3. The van der Waals surface area contributed by atoms with Crippen molar-refractivity contribution in [2.24, 2.45) is 5.73 Å². The summed E-state index contributed by atoms with van der Waals surface area (Å²) in [4.78, 5) is 0. The largest absolute Gasteiger partial charge is 0.399 e. The Morgan fingerprint density at radius 3 is 2.29 bits per heavy atom. The summed E-state index contributed by atoms with van der Waals surface area (Å²) in [6.07, 6.45) is 5.37. The number of allylic oxidation sites excluding steroid dienone is 2. The van der Waals surface area contributed by atoms with Gasteiger partial charge in [-0.3, -0.25) is 0 Å². The molecule has 0 bridgehead atoms. The summed E-state index contributed by atoms with van der Waals surface area (Å²) in [6, 6.07) is 0. The molecule has 0 aromatic heterocycles. The van der Waals surface area contributed by atoms with Crippen molar-refractivity contribution in [3.63, 3.8) is 0 Å². The van der Waals surface area contributed by atoms with Crippen LogP contribution in [0.5, 0.6) is 0 Å². The average molecular weight is 197 g/mol. The number of nitrogens with two attached hydrogens (primary N) is 1. The van der Waals surface area contributed by atoms with Crippen LogP contribution in [0.2, 0.25) is 0 Å². The summed E-state index contributed by atoms with van der Waals surface area (Å²) in [7, 11) is 0. The van der Waals surface area contributed by atoms with Gasteiger partial charge in [0.05, 0.1) is 6.10 Å². The third kappa shape index (κ3) is 6.49. The smallest absolute Gasteiger partial charge is 0.0788 e. The molecule has 0 aromatic rings. The highest BCUT2D eigenvalue weighted by Gasteiger charge is 2.03. The molecular formula is C12H23NO. The van der Waals surface area contributed by atoms with E-state index >= 15 is 0 Å². The van der Waals surface area contributed by atoms with Gasteiger partial charge in [-0.1, -0.05) is 39.5 Å². The van der Waals surface area contributed by atoms with E-state index in [0.29, 0.717) is 12.1 Å². The van der Waals surface area contributed by atoms with Crippen LogP contribution >= 0.6 is 0 Å². The van der Waals surface area contributed by atoms with Crippen molar-refractivity contribution in [2.45, 2.75) is 40.2 Å². The minimum Gasteiger partial charge on any atom is -0.399 e. The van der Waals surface area contributed by atoms with Crippen LogP contribution in [-0.2, 0) is 0 Å². The predicted octanol–water partition coefficient (Wildman–Crippen LogP) is 2.76. The molecule has 2 nitrogen and oxygen atoms in total. The van der Waals surface area contributed by atoms with Crippen molar-refractivity contribution >= 4 is 0 Å². The fourth-order valence-electron chi connectivity index (χ4n) is 0.803. The molecule has 1 atom stereocenters. The van der Waals surface area contributed by atoms with Gasteiger partial charge in [-0.25, -0.2) is 0 Å². The lowest BCUT2D eigenvalue weighted by molar-refractivity contribution is 0.210. The van der Waals surface area contributed by atoms with E-state index in [9.17, 15) is 5.11 Å². The SMILES string of the molecule is C=C/C(=C\C(N)=C/C)[C@@H](O)CC.CC. The second-order valence-corrected chi connectivity index (χ2v) is 2.56. The Hall–Kier alpha value is -1.02. The maximum Gasteiger partial charge on any atom is 0.0788 e. The van der Waals surface area contributed by atoms with Crippen molar-refractivity contribution in [2.75, 3.05) is 0 Å². The molecule has 0 aromatic carbocycles. The van der Waals surface area contributed by atoms with E-state index in [0.717, 1.165) is 5.57 Å². The van der Waals surface area contributed by atoms with Gasteiger partial charge in [-0.05, 0) is 25.0 Å². The van der Waals surface area contributed by atoms with Gasteiger partial charge in [-0.15, -0.1) is 0 Å². The van der Waals surface area contributed by atoms with Crippen LogP contribution in [0.15, 0.2) is 36.1 Å². The van der Waals surface area contributed by atoms with E-state index in [4.69, 9.17) is 5.73 Å². The molecule has 0 heterocycles. The van der Waals surface area contributed by atoms with Gasteiger partial charge in [0.2, 0.25) is 0 Å². The zero-order valence-corrected chi connectivity index (χ0v) is 9.75.